The van der Waals surface area contributed by atoms with Crippen molar-refractivity contribution in [3.8, 4) is 0 Å². The van der Waals surface area contributed by atoms with Crippen molar-refractivity contribution in [1.29, 1.82) is 0 Å². The van der Waals surface area contributed by atoms with Crippen LogP contribution in [0.5, 0.6) is 0 Å². The fourth-order valence-corrected chi connectivity index (χ4v) is 2.01. The normalized spacial score (nSPS) is 12.8. The van der Waals surface area contributed by atoms with Gasteiger partial charge in [0.2, 0.25) is 0 Å². The summed E-state index contributed by atoms with van der Waals surface area (Å²) in [5, 5.41) is 6.49. The van der Waals surface area contributed by atoms with Crippen LogP contribution in [0.2, 0.25) is 0 Å². The summed E-state index contributed by atoms with van der Waals surface area (Å²) in [6.07, 6.45) is 0.949. The predicted octanol–water partition coefficient (Wildman–Crippen LogP) is 2.16. The van der Waals surface area contributed by atoms with Crippen LogP contribution in [-0.2, 0) is 6.42 Å². The largest absolute Gasteiger partial charge is 0.313 e. The van der Waals surface area contributed by atoms with E-state index in [4.69, 9.17) is 0 Å². The molecule has 13 heavy (non-hydrogen) atoms. The van der Waals surface area contributed by atoms with Gasteiger partial charge < -0.3 is 5.32 Å². The second-order valence-corrected chi connectivity index (χ2v) is 4.22. The summed E-state index contributed by atoms with van der Waals surface area (Å²) in [4.78, 5) is 4.42. The van der Waals surface area contributed by atoms with Gasteiger partial charge in [0.1, 0.15) is 0 Å². The molecule has 1 unspecified atom stereocenters. The second kappa shape index (κ2) is 4.53. The van der Waals surface area contributed by atoms with Crippen LogP contribution in [0.15, 0.2) is 17.5 Å². The summed E-state index contributed by atoms with van der Waals surface area (Å²) in [6.45, 7) is 8.01. The molecular formula is C10H16N2S. The molecule has 0 radical (unpaired) electrons. The molecule has 0 saturated carbocycles. The van der Waals surface area contributed by atoms with Gasteiger partial charge in [0.05, 0.1) is 5.01 Å². The van der Waals surface area contributed by atoms with Crippen LogP contribution in [0.3, 0.4) is 0 Å². The summed E-state index contributed by atoms with van der Waals surface area (Å²) in [7, 11) is 1.96. The highest BCUT2D eigenvalue weighted by atomic mass is 32.1. The van der Waals surface area contributed by atoms with Gasteiger partial charge in [-0.25, -0.2) is 4.98 Å². The van der Waals surface area contributed by atoms with Crippen molar-refractivity contribution < 1.29 is 0 Å². The number of aryl methyl sites for hydroxylation is 1. The fraction of sp³-hybridized carbons (Fsp3) is 0.500. The first kappa shape index (κ1) is 10.4. The van der Waals surface area contributed by atoms with Crippen LogP contribution in [0.1, 0.15) is 17.6 Å². The van der Waals surface area contributed by atoms with Gasteiger partial charge in [-0.1, -0.05) is 12.2 Å². The molecule has 1 heterocycles. The van der Waals surface area contributed by atoms with E-state index >= 15 is 0 Å². The zero-order valence-electron chi connectivity index (χ0n) is 8.42. The minimum atomic E-state index is 0.352. The van der Waals surface area contributed by atoms with Gasteiger partial charge in [0.15, 0.2) is 0 Å². The quantitative estimate of drug-likeness (QED) is 0.746. The molecule has 1 atom stereocenters. The van der Waals surface area contributed by atoms with E-state index in [1.807, 2.05) is 20.9 Å². The first-order chi connectivity index (χ1) is 6.13. The lowest BCUT2D eigenvalue weighted by Crippen LogP contribution is -2.28. The first-order valence-corrected chi connectivity index (χ1v) is 5.25. The number of hydrogen-bond acceptors (Lipinski definition) is 3. The molecule has 0 spiro atoms. The third kappa shape index (κ3) is 2.94. The van der Waals surface area contributed by atoms with Crippen LogP contribution < -0.4 is 5.32 Å². The van der Waals surface area contributed by atoms with E-state index in [1.54, 1.807) is 11.3 Å². The Morgan fingerprint density at radius 2 is 2.46 bits per heavy atom. The Kier molecular flexibility index (Phi) is 3.63. The highest BCUT2D eigenvalue weighted by Crippen LogP contribution is 2.13. The van der Waals surface area contributed by atoms with E-state index in [0.29, 0.717) is 6.04 Å². The summed E-state index contributed by atoms with van der Waals surface area (Å²) in [5.74, 6) is 0. The van der Waals surface area contributed by atoms with Crippen LogP contribution in [0.4, 0.5) is 0 Å². The van der Waals surface area contributed by atoms with Crippen molar-refractivity contribution in [1.82, 2.24) is 10.3 Å². The third-order valence-corrected chi connectivity index (χ3v) is 2.98. The SMILES string of the molecule is C=C(C)C(Cc1nc(C)cs1)NC. The lowest BCUT2D eigenvalue weighted by Gasteiger charge is -2.13. The Hall–Kier alpha value is -0.670. The van der Waals surface area contributed by atoms with Crippen LogP contribution in [-0.4, -0.2) is 18.1 Å². The van der Waals surface area contributed by atoms with Gasteiger partial charge in [0, 0.05) is 23.5 Å². The molecule has 0 bridgehead atoms. The van der Waals surface area contributed by atoms with E-state index in [0.717, 1.165) is 17.7 Å². The van der Waals surface area contributed by atoms with E-state index < -0.39 is 0 Å². The highest BCUT2D eigenvalue weighted by Gasteiger charge is 2.09. The zero-order valence-corrected chi connectivity index (χ0v) is 9.24. The average Bonchev–Trinajstić information content (AvgIpc) is 2.46. The molecule has 0 aromatic carbocycles. The Balaban J connectivity index is 2.61. The number of likely N-dealkylation sites (N-methyl/N-ethyl adjacent to an activating group) is 1. The average molecular weight is 196 g/mol. The smallest absolute Gasteiger partial charge is 0.0946 e. The number of nitrogens with zero attached hydrogens (tertiary/aromatic N) is 1. The topological polar surface area (TPSA) is 24.9 Å². The Morgan fingerprint density at radius 3 is 2.85 bits per heavy atom. The third-order valence-electron chi connectivity index (χ3n) is 1.99. The van der Waals surface area contributed by atoms with Crippen molar-refractivity contribution in [2.24, 2.45) is 0 Å². The molecule has 1 N–H and O–H groups in total. The minimum Gasteiger partial charge on any atom is -0.313 e. The molecular weight excluding hydrogens is 180 g/mol. The molecule has 1 aromatic rings. The monoisotopic (exact) mass is 196 g/mol. The van der Waals surface area contributed by atoms with Crippen molar-refractivity contribution in [2.45, 2.75) is 26.3 Å². The molecule has 0 amide bonds. The molecule has 0 fully saturated rings. The van der Waals surface area contributed by atoms with E-state index in [1.165, 1.54) is 5.01 Å². The van der Waals surface area contributed by atoms with Gasteiger partial charge in [-0.2, -0.15) is 0 Å². The second-order valence-electron chi connectivity index (χ2n) is 3.27. The zero-order chi connectivity index (χ0) is 9.84. The summed E-state index contributed by atoms with van der Waals surface area (Å²) in [5.41, 5.74) is 2.27. The Bertz CT molecular complexity index is 291. The maximum Gasteiger partial charge on any atom is 0.0946 e. The van der Waals surface area contributed by atoms with Crippen molar-refractivity contribution >= 4 is 11.3 Å². The number of nitrogens with one attached hydrogen (secondary N) is 1. The predicted molar refractivity (Wildman–Crippen MR) is 58.2 cm³/mol. The molecule has 1 aromatic heterocycles. The maximum absolute atomic E-state index is 4.42. The fourth-order valence-electron chi connectivity index (χ4n) is 1.19. The minimum absolute atomic E-state index is 0.352. The Labute approximate surface area is 83.7 Å². The summed E-state index contributed by atoms with van der Waals surface area (Å²) >= 11 is 1.72. The van der Waals surface area contributed by atoms with Crippen molar-refractivity contribution in [3.63, 3.8) is 0 Å². The molecule has 72 valence electrons. The lowest BCUT2D eigenvalue weighted by molar-refractivity contribution is 0.631. The van der Waals surface area contributed by atoms with E-state index in [9.17, 15) is 0 Å². The molecule has 3 heteroatoms. The van der Waals surface area contributed by atoms with Crippen LogP contribution >= 0.6 is 11.3 Å². The number of rotatable bonds is 4. The van der Waals surface area contributed by atoms with Crippen LogP contribution in [0, 0.1) is 6.92 Å². The maximum atomic E-state index is 4.42. The molecule has 0 saturated heterocycles. The molecule has 0 aliphatic carbocycles. The van der Waals surface area contributed by atoms with E-state index in [2.05, 4.69) is 22.3 Å². The number of hydrogen-bond donors (Lipinski definition) is 1. The van der Waals surface area contributed by atoms with Gasteiger partial charge in [0.25, 0.3) is 0 Å². The molecule has 1 rings (SSSR count). The van der Waals surface area contributed by atoms with Crippen LogP contribution in [0.25, 0.3) is 0 Å². The standard InChI is InChI=1S/C10H16N2S/c1-7(2)9(11-4)5-10-12-8(3)6-13-10/h6,9,11H,1,5H2,2-4H3. The van der Waals surface area contributed by atoms with E-state index in [-0.39, 0.29) is 0 Å². The summed E-state index contributed by atoms with van der Waals surface area (Å²) in [6, 6.07) is 0.352. The summed E-state index contributed by atoms with van der Waals surface area (Å²) < 4.78 is 0. The molecule has 0 aliphatic rings. The molecule has 2 nitrogen and oxygen atoms in total. The van der Waals surface area contributed by atoms with Gasteiger partial charge in [-0.05, 0) is 20.9 Å². The lowest BCUT2D eigenvalue weighted by atomic mass is 10.1. The Morgan fingerprint density at radius 1 is 1.77 bits per heavy atom. The van der Waals surface area contributed by atoms with Crippen molar-refractivity contribution in [2.75, 3.05) is 7.05 Å². The number of thiazole rings is 1. The van der Waals surface area contributed by atoms with Gasteiger partial charge >= 0.3 is 0 Å². The molecule has 0 aliphatic heterocycles. The van der Waals surface area contributed by atoms with Gasteiger partial charge in [-0.15, -0.1) is 11.3 Å². The van der Waals surface area contributed by atoms with Gasteiger partial charge in [-0.3, -0.25) is 0 Å². The first-order valence-electron chi connectivity index (χ1n) is 4.37. The van der Waals surface area contributed by atoms with Crippen molar-refractivity contribution in [3.05, 3.63) is 28.2 Å². The highest BCUT2D eigenvalue weighted by molar-refractivity contribution is 7.09. The number of aromatic nitrogens is 1.